The Morgan fingerprint density at radius 1 is 1.00 bits per heavy atom. The van der Waals surface area contributed by atoms with Crippen LogP contribution >= 0.6 is 0 Å². The molecular formula is C15H29N3O2S. The topological polar surface area (TPSA) is 43.9 Å². The third kappa shape index (κ3) is 3.00. The molecule has 0 radical (unpaired) electrons. The van der Waals surface area contributed by atoms with Crippen molar-refractivity contribution in [2.45, 2.75) is 70.0 Å². The van der Waals surface area contributed by atoms with Gasteiger partial charge in [-0.05, 0) is 39.2 Å². The van der Waals surface area contributed by atoms with Crippen LogP contribution in [0.15, 0.2) is 0 Å². The lowest BCUT2D eigenvalue weighted by atomic mass is 9.96. The lowest BCUT2D eigenvalue weighted by molar-refractivity contribution is 0.109. The summed E-state index contributed by atoms with van der Waals surface area (Å²) in [6.45, 7) is 4.77. The molecule has 0 amide bonds. The Bertz CT molecular complexity index is 462. The Morgan fingerprint density at radius 2 is 1.71 bits per heavy atom. The maximum Gasteiger partial charge on any atom is 0.282 e. The van der Waals surface area contributed by atoms with Crippen LogP contribution in [-0.4, -0.2) is 66.7 Å². The van der Waals surface area contributed by atoms with Gasteiger partial charge in [-0.3, -0.25) is 4.90 Å². The predicted octanol–water partition coefficient (Wildman–Crippen LogP) is 1.66. The quantitative estimate of drug-likeness (QED) is 0.796. The van der Waals surface area contributed by atoms with Crippen molar-refractivity contribution in [2.75, 3.05) is 26.7 Å². The molecule has 2 heterocycles. The molecule has 122 valence electrons. The van der Waals surface area contributed by atoms with Crippen molar-refractivity contribution in [1.29, 1.82) is 0 Å². The van der Waals surface area contributed by atoms with E-state index in [4.69, 9.17) is 0 Å². The summed E-state index contributed by atoms with van der Waals surface area (Å²) >= 11 is 0. The highest BCUT2D eigenvalue weighted by molar-refractivity contribution is 7.86. The summed E-state index contributed by atoms with van der Waals surface area (Å²) in [5, 5.41) is 0. The Hall–Kier alpha value is -0.170. The highest BCUT2D eigenvalue weighted by atomic mass is 32.2. The maximum atomic E-state index is 13.0. The molecule has 2 atom stereocenters. The average molecular weight is 315 g/mol. The second-order valence-electron chi connectivity index (χ2n) is 7.03. The molecule has 2 saturated heterocycles. The van der Waals surface area contributed by atoms with Crippen molar-refractivity contribution in [1.82, 2.24) is 13.5 Å². The van der Waals surface area contributed by atoms with Crippen LogP contribution in [0.4, 0.5) is 0 Å². The minimum Gasteiger partial charge on any atom is -0.297 e. The molecule has 3 rings (SSSR count). The molecule has 3 aliphatic rings. The van der Waals surface area contributed by atoms with Crippen LogP contribution in [0.3, 0.4) is 0 Å². The molecule has 0 bridgehead atoms. The first kappa shape index (κ1) is 15.7. The molecular weight excluding hydrogens is 286 g/mol. The van der Waals surface area contributed by atoms with E-state index in [-0.39, 0.29) is 12.1 Å². The molecule has 6 heteroatoms. The van der Waals surface area contributed by atoms with E-state index >= 15 is 0 Å². The largest absolute Gasteiger partial charge is 0.297 e. The first-order valence-electron chi connectivity index (χ1n) is 8.49. The fourth-order valence-electron chi connectivity index (χ4n) is 4.28. The van der Waals surface area contributed by atoms with E-state index in [9.17, 15) is 8.42 Å². The fraction of sp³-hybridized carbons (Fsp3) is 1.00. The summed E-state index contributed by atoms with van der Waals surface area (Å²) in [5.74, 6) is 0. The Kier molecular flexibility index (Phi) is 4.60. The van der Waals surface area contributed by atoms with E-state index in [1.54, 1.807) is 15.7 Å². The first-order chi connectivity index (χ1) is 10.00. The van der Waals surface area contributed by atoms with Crippen LogP contribution in [-0.2, 0) is 10.2 Å². The fourth-order valence-corrected chi connectivity index (χ4v) is 6.08. The summed E-state index contributed by atoms with van der Waals surface area (Å²) in [6, 6.07) is 0.740. The van der Waals surface area contributed by atoms with Crippen LogP contribution in [0.2, 0.25) is 0 Å². The minimum absolute atomic E-state index is 0.0930. The van der Waals surface area contributed by atoms with Gasteiger partial charge in [0.25, 0.3) is 10.2 Å². The zero-order valence-electron chi connectivity index (χ0n) is 13.4. The van der Waals surface area contributed by atoms with Gasteiger partial charge in [-0.15, -0.1) is 0 Å². The summed E-state index contributed by atoms with van der Waals surface area (Å²) in [4.78, 5) is 2.47. The van der Waals surface area contributed by atoms with Crippen LogP contribution < -0.4 is 0 Å². The number of hydrogen-bond donors (Lipinski definition) is 0. The van der Waals surface area contributed by atoms with Gasteiger partial charge in [0, 0.05) is 38.3 Å². The highest BCUT2D eigenvalue weighted by Gasteiger charge is 2.42. The zero-order chi connectivity index (χ0) is 15.0. The third-order valence-corrected chi connectivity index (χ3v) is 7.76. The minimum atomic E-state index is -3.31. The van der Waals surface area contributed by atoms with Crippen molar-refractivity contribution in [3.05, 3.63) is 0 Å². The van der Waals surface area contributed by atoms with E-state index in [2.05, 4.69) is 11.8 Å². The van der Waals surface area contributed by atoms with Crippen molar-refractivity contribution >= 4 is 10.2 Å². The molecule has 21 heavy (non-hydrogen) atoms. The summed E-state index contributed by atoms with van der Waals surface area (Å²) in [6.07, 6.45) is 7.98. The van der Waals surface area contributed by atoms with Gasteiger partial charge in [0.1, 0.15) is 0 Å². The molecule has 0 N–H and O–H groups in total. The number of piperazine rings is 1. The monoisotopic (exact) mass is 315 g/mol. The molecule has 3 fully saturated rings. The molecule has 0 aromatic carbocycles. The van der Waals surface area contributed by atoms with E-state index < -0.39 is 10.2 Å². The van der Waals surface area contributed by atoms with Crippen LogP contribution in [0, 0.1) is 0 Å². The molecule has 1 saturated carbocycles. The first-order valence-corrected chi connectivity index (χ1v) is 9.88. The van der Waals surface area contributed by atoms with E-state index in [1.807, 2.05) is 0 Å². The van der Waals surface area contributed by atoms with Gasteiger partial charge in [0.15, 0.2) is 0 Å². The van der Waals surface area contributed by atoms with E-state index in [0.29, 0.717) is 12.6 Å². The van der Waals surface area contributed by atoms with Crippen LogP contribution in [0.25, 0.3) is 0 Å². The number of rotatable bonds is 3. The number of nitrogens with zero attached hydrogens (tertiary/aromatic N) is 3. The van der Waals surface area contributed by atoms with Gasteiger partial charge in [-0.25, -0.2) is 0 Å². The Labute approximate surface area is 129 Å². The summed E-state index contributed by atoms with van der Waals surface area (Å²) in [5.41, 5.74) is 0. The average Bonchev–Trinajstić information content (AvgIpc) is 2.93. The van der Waals surface area contributed by atoms with Crippen LogP contribution in [0.5, 0.6) is 0 Å². The van der Waals surface area contributed by atoms with Crippen LogP contribution in [0.1, 0.15) is 51.9 Å². The van der Waals surface area contributed by atoms with Crippen molar-refractivity contribution < 1.29 is 8.42 Å². The predicted molar refractivity (Wildman–Crippen MR) is 84.3 cm³/mol. The second-order valence-corrected chi connectivity index (χ2v) is 8.97. The molecule has 2 aliphatic heterocycles. The maximum absolute atomic E-state index is 13.0. The smallest absolute Gasteiger partial charge is 0.282 e. The van der Waals surface area contributed by atoms with Gasteiger partial charge in [-0.1, -0.05) is 19.3 Å². The van der Waals surface area contributed by atoms with Gasteiger partial charge in [0.05, 0.1) is 0 Å². The molecule has 0 unspecified atom stereocenters. The number of hydrogen-bond acceptors (Lipinski definition) is 3. The van der Waals surface area contributed by atoms with E-state index in [0.717, 1.165) is 45.2 Å². The van der Waals surface area contributed by atoms with Crippen molar-refractivity contribution in [3.8, 4) is 0 Å². The van der Waals surface area contributed by atoms with Gasteiger partial charge >= 0.3 is 0 Å². The summed E-state index contributed by atoms with van der Waals surface area (Å²) < 4.78 is 29.5. The Balaban J connectivity index is 1.73. The van der Waals surface area contributed by atoms with Gasteiger partial charge < -0.3 is 0 Å². The van der Waals surface area contributed by atoms with Crippen molar-refractivity contribution in [2.24, 2.45) is 0 Å². The lowest BCUT2D eigenvalue weighted by Gasteiger charge is -2.44. The molecule has 5 nitrogen and oxygen atoms in total. The zero-order valence-corrected chi connectivity index (χ0v) is 14.2. The second kappa shape index (κ2) is 6.14. The number of fused-ring (bicyclic) bond motifs is 1. The molecule has 0 aromatic heterocycles. The molecule has 0 aromatic rings. The standard InChI is InChI=1S/C15H29N3O2S/c1-13-11-17-10-6-9-15(17)12-18(13)21(19,20)16(2)14-7-4-3-5-8-14/h13-15H,3-12H2,1-2H3/t13-,15+/m0/s1. The van der Waals surface area contributed by atoms with Gasteiger partial charge in [-0.2, -0.15) is 17.0 Å². The van der Waals surface area contributed by atoms with E-state index in [1.165, 1.54) is 12.8 Å². The van der Waals surface area contributed by atoms with Crippen molar-refractivity contribution in [3.63, 3.8) is 0 Å². The van der Waals surface area contributed by atoms with Gasteiger partial charge in [0.2, 0.25) is 0 Å². The molecule has 1 aliphatic carbocycles. The highest BCUT2D eigenvalue weighted by Crippen LogP contribution is 2.30. The third-order valence-electron chi connectivity index (χ3n) is 5.63. The summed E-state index contributed by atoms with van der Waals surface area (Å²) in [7, 11) is -1.52. The molecule has 0 spiro atoms. The normalized spacial score (nSPS) is 33.5. The lowest BCUT2D eigenvalue weighted by Crippen LogP contribution is -2.60. The Morgan fingerprint density at radius 3 is 2.43 bits per heavy atom. The SMILES string of the molecule is C[C@H]1CN2CCC[C@@H]2CN1S(=O)(=O)N(C)C1CCCCC1.